The van der Waals surface area contributed by atoms with Crippen LogP contribution in [0.3, 0.4) is 0 Å². The third-order valence-corrected chi connectivity index (χ3v) is 6.44. The van der Waals surface area contributed by atoms with E-state index in [4.69, 9.17) is 14.4 Å². The van der Waals surface area contributed by atoms with Crippen molar-refractivity contribution in [2.24, 2.45) is 0 Å². The quantitative estimate of drug-likeness (QED) is 0.685. The maximum absolute atomic E-state index is 5.50. The second-order valence-electron chi connectivity index (χ2n) is 8.31. The van der Waals surface area contributed by atoms with Crippen molar-refractivity contribution < 1.29 is 4.42 Å². The van der Waals surface area contributed by atoms with E-state index in [0.717, 1.165) is 55.4 Å². The van der Waals surface area contributed by atoms with Crippen LogP contribution in [0.2, 0.25) is 0 Å². The Morgan fingerprint density at radius 1 is 1.14 bits per heavy atom. The van der Waals surface area contributed by atoms with Crippen LogP contribution >= 0.6 is 0 Å². The number of piperidine rings is 1. The number of hydrogen-bond donors (Lipinski definition) is 0. The molecule has 1 fully saturated rings. The SMILES string of the molecule is Cc1nc(N2CCC(N(C)Cc3ccco3)CC2)nc2cc3c(cc12)CCC3. The highest BCUT2D eigenvalue weighted by Gasteiger charge is 2.25. The van der Waals surface area contributed by atoms with Crippen LogP contribution in [0.1, 0.15) is 41.8 Å². The molecule has 146 valence electrons. The maximum atomic E-state index is 5.50. The topological polar surface area (TPSA) is 45.4 Å². The van der Waals surface area contributed by atoms with Crippen molar-refractivity contribution in [2.75, 3.05) is 25.0 Å². The van der Waals surface area contributed by atoms with Gasteiger partial charge in [-0.25, -0.2) is 9.97 Å². The van der Waals surface area contributed by atoms with Crippen LogP contribution in [0.4, 0.5) is 5.95 Å². The first-order valence-electron chi connectivity index (χ1n) is 10.4. The molecule has 0 bridgehead atoms. The molecule has 0 unspecified atom stereocenters. The number of anilines is 1. The van der Waals surface area contributed by atoms with Gasteiger partial charge in [0.15, 0.2) is 0 Å². The molecule has 3 heterocycles. The molecule has 0 radical (unpaired) electrons. The fourth-order valence-corrected chi connectivity index (χ4v) is 4.76. The molecule has 3 aromatic rings. The molecule has 1 aliphatic heterocycles. The van der Waals surface area contributed by atoms with Gasteiger partial charge in [-0.05, 0) is 81.5 Å². The van der Waals surface area contributed by atoms with Gasteiger partial charge in [-0.3, -0.25) is 4.90 Å². The van der Waals surface area contributed by atoms with Gasteiger partial charge in [0.2, 0.25) is 5.95 Å². The van der Waals surface area contributed by atoms with Crippen molar-refractivity contribution in [3.8, 4) is 0 Å². The molecule has 5 nitrogen and oxygen atoms in total. The van der Waals surface area contributed by atoms with Crippen LogP contribution in [0.15, 0.2) is 34.9 Å². The third-order valence-electron chi connectivity index (χ3n) is 6.44. The van der Waals surface area contributed by atoms with Crippen molar-refractivity contribution in [3.05, 3.63) is 53.1 Å². The minimum absolute atomic E-state index is 0.575. The van der Waals surface area contributed by atoms with Crippen molar-refractivity contribution >= 4 is 16.9 Å². The molecule has 1 saturated heterocycles. The second kappa shape index (κ2) is 7.21. The van der Waals surface area contributed by atoms with E-state index >= 15 is 0 Å². The fraction of sp³-hybridized carbons (Fsp3) is 0.478. The number of nitrogens with zero attached hydrogens (tertiary/aromatic N) is 4. The number of hydrogen-bond acceptors (Lipinski definition) is 5. The third kappa shape index (κ3) is 3.28. The van der Waals surface area contributed by atoms with Crippen molar-refractivity contribution in [1.29, 1.82) is 0 Å². The summed E-state index contributed by atoms with van der Waals surface area (Å²) in [5.41, 5.74) is 5.19. The number of aromatic nitrogens is 2. The number of aryl methyl sites for hydroxylation is 3. The molecule has 0 spiro atoms. The van der Waals surface area contributed by atoms with E-state index in [1.165, 1.54) is 35.8 Å². The molecule has 2 aromatic heterocycles. The second-order valence-corrected chi connectivity index (χ2v) is 8.31. The number of rotatable bonds is 4. The number of fused-ring (bicyclic) bond motifs is 2. The molecule has 2 aliphatic rings. The predicted octanol–water partition coefficient (Wildman–Crippen LogP) is 4.12. The van der Waals surface area contributed by atoms with E-state index in [-0.39, 0.29) is 0 Å². The Kier molecular flexibility index (Phi) is 4.55. The summed E-state index contributed by atoms with van der Waals surface area (Å²) in [6.45, 7) is 5.00. The van der Waals surface area contributed by atoms with Crippen LogP contribution < -0.4 is 4.90 Å². The minimum atomic E-state index is 0.575. The summed E-state index contributed by atoms with van der Waals surface area (Å²) in [6, 6.07) is 9.22. The van der Waals surface area contributed by atoms with E-state index in [1.54, 1.807) is 6.26 Å². The lowest BCUT2D eigenvalue weighted by Crippen LogP contribution is -2.43. The average molecular weight is 377 g/mol. The van der Waals surface area contributed by atoms with Crippen LogP contribution in [-0.2, 0) is 19.4 Å². The zero-order valence-corrected chi connectivity index (χ0v) is 16.8. The van der Waals surface area contributed by atoms with Crippen molar-refractivity contribution in [3.63, 3.8) is 0 Å². The van der Waals surface area contributed by atoms with Crippen molar-refractivity contribution in [1.82, 2.24) is 14.9 Å². The molecule has 0 amide bonds. The maximum Gasteiger partial charge on any atom is 0.226 e. The first-order valence-corrected chi connectivity index (χ1v) is 10.4. The standard InChI is InChI=1S/C23H28N4O/c1-16-21-13-17-5-3-6-18(17)14-22(21)25-23(24-16)27-10-8-19(9-11-27)26(2)15-20-7-4-12-28-20/h4,7,12-14,19H,3,5-6,8-11,15H2,1-2H3. The van der Waals surface area contributed by atoms with Crippen LogP contribution in [0, 0.1) is 6.92 Å². The van der Waals surface area contributed by atoms with Crippen LogP contribution in [-0.4, -0.2) is 41.0 Å². The van der Waals surface area contributed by atoms with E-state index in [9.17, 15) is 0 Å². The Morgan fingerprint density at radius 2 is 1.93 bits per heavy atom. The highest BCUT2D eigenvalue weighted by atomic mass is 16.3. The van der Waals surface area contributed by atoms with Gasteiger partial charge < -0.3 is 9.32 Å². The average Bonchev–Trinajstić information content (AvgIpc) is 3.38. The van der Waals surface area contributed by atoms with Crippen LogP contribution in [0.5, 0.6) is 0 Å². The summed E-state index contributed by atoms with van der Waals surface area (Å²) in [4.78, 5) is 14.6. The summed E-state index contributed by atoms with van der Waals surface area (Å²) in [5.74, 6) is 1.93. The molecule has 1 aliphatic carbocycles. The summed E-state index contributed by atoms with van der Waals surface area (Å²) in [5, 5.41) is 1.22. The first kappa shape index (κ1) is 17.7. The van der Waals surface area contributed by atoms with E-state index < -0.39 is 0 Å². The lowest BCUT2D eigenvalue weighted by molar-refractivity contribution is 0.186. The molecule has 0 N–H and O–H groups in total. The lowest BCUT2D eigenvalue weighted by Gasteiger charge is -2.36. The molecular weight excluding hydrogens is 348 g/mol. The summed E-state index contributed by atoms with van der Waals surface area (Å²) in [7, 11) is 2.19. The van der Waals surface area contributed by atoms with Gasteiger partial charge in [0.25, 0.3) is 0 Å². The summed E-state index contributed by atoms with van der Waals surface area (Å²) in [6.07, 6.45) is 7.66. The Hall–Kier alpha value is -2.40. The zero-order valence-electron chi connectivity index (χ0n) is 16.8. The minimum Gasteiger partial charge on any atom is -0.468 e. The predicted molar refractivity (Wildman–Crippen MR) is 112 cm³/mol. The monoisotopic (exact) mass is 376 g/mol. The van der Waals surface area contributed by atoms with E-state index in [1.807, 2.05) is 12.1 Å². The van der Waals surface area contributed by atoms with E-state index in [0.29, 0.717) is 6.04 Å². The van der Waals surface area contributed by atoms with Gasteiger partial charge in [0, 0.05) is 24.5 Å². The van der Waals surface area contributed by atoms with Crippen molar-refractivity contribution in [2.45, 2.75) is 51.6 Å². The van der Waals surface area contributed by atoms with Gasteiger partial charge in [-0.15, -0.1) is 0 Å². The molecule has 1 aromatic carbocycles. The van der Waals surface area contributed by atoms with Gasteiger partial charge in [-0.2, -0.15) is 0 Å². The fourth-order valence-electron chi connectivity index (χ4n) is 4.76. The smallest absolute Gasteiger partial charge is 0.226 e. The summed E-state index contributed by atoms with van der Waals surface area (Å²) < 4.78 is 5.50. The molecular formula is C23H28N4O. The Balaban J connectivity index is 1.31. The number of furan rings is 1. The highest BCUT2D eigenvalue weighted by Crippen LogP contribution is 2.29. The molecule has 0 saturated carbocycles. The Morgan fingerprint density at radius 3 is 2.68 bits per heavy atom. The largest absolute Gasteiger partial charge is 0.468 e. The summed E-state index contributed by atoms with van der Waals surface area (Å²) >= 11 is 0. The molecule has 5 heteroatoms. The van der Waals surface area contributed by atoms with E-state index in [2.05, 4.69) is 35.9 Å². The Labute approximate surface area is 166 Å². The first-order chi connectivity index (χ1) is 13.7. The molecule has 0 atom stereocenters. The number of benzene rings is 1. The van der Waals surface area contributed by atoms with Gasteiger partial charge >= 0.3 is 0 Å². The van der Waals surface area contributed by atoms with Crippen LogP contribution in [0.25, 0.3) is 10.9 Å². The lowest BCUT2D eigenvalue weighted by atomic mass is 10.0. The Bertz CT molecular complexity index is 974. The molecule has 5 rings (SSSR count). The normalized spacial score (nSPS) is 17.6. The highest BCUT2D eigenvalue weighted by molar-refractivity contribution is 5.84. The van der Waals surface area contributed by atoms with Gasteiger partial charge in [0.1, 0.15) is 5.76 Å². The van der Waals surface area contributed by atoms with Gasteiger partial charge in [-0.1, -0.05) is 0 Å². The zero-order chi connectivity index (χ0) is 19.1. The molecule has 28 heavy (non-hydrogen) atoms. The van der Waals surface area contributed by atoms with Gasteiger partial charge in [0.05, 0.1) is 24.0 Å².